The summed E-state index contributed by atoms with van der Waals surface area (Å²) in [7, 11) is 0. The molecule has 0 saturated heterocycles. The van der Waals surface area contributed by atoms with Crippen LogP contribution in [0.1, 0.15) is 46.5 Å². The molecule has 1 unspecified atom stereocenters. The monoisotopic (exact) mass is 420 g/mol. The molecule has 0 aliphatic carbocycles. The third-order valence-electron chi connectivity index (χ3n) is 5.07. The van der Waals surface area contributed by atoms with Gasteiger partial charge in [-0.15, -0.1) is 0 Å². The quantitative estimate of drug-likeness (QED) is 0.489. The van der Waals surface area contributed by atoms with Crippen molar-refractivity contribution in [3.8, 4) is 0 Å². The molecule has 0 aromatic carbocycles. The van der Waals surface area contributed by atoms with Crippen LogP contribution < -0.4 is 11.5 Å². The van der Waals surface area contributed by atoms with E-state index in [2.05, 4.69) is 15.0 Å². The van der Waals surface area contributed by atoms with Gasteiger partial charge in [-0.2, -0.15) is 4.98 Å². The van der Waals surface area contributed by atoms with Gasteiger partial charge in [-0.3, -0.25) is 9.59 Å². The van der Waals surface area contributed by atoms with E-state index in [1.807, 2.05) is 25.3 Å². The van der Waals surface area contributed by atoms with Crippen molar-refractivity contribution in [2.75, 3.05) is 18.9 Å². The van der Waals surface area contributed by atoms with Gasteiger partial charge >= 0.3 is 11.9 Å². The minimum Gasteiger partial charge on any atom is -0.465 e. The van der Waals surface area contributed by atoms with Crippen molar-refractivity contribution in [3.05, 3.63) is 12.5 Å². The molecule has 0 aliphatic heterocycles. The smallest absolute Gasteiger partial charge is 0.323 e. The fourth-order valence-corrected chi connectivity index (χ4v) is 2.90. The zero-order valence-corrected chi connectivity index (χ0v) is 17.9. The second kappa shape index (κ2) is 11.4. The highest BCUT2D eigenvalue weighted by molar-refractivity contribution is 5.75. The van der Waals surface area contributed by atoms with Crippen molar-refractivity contribution in [3.63, 3.8) is 0 Å². The molecule has 0 bridgehead atoms. The van der Waals surface area contributed by atoms with Gasteiger partial charge in [0, 0.05) is 18.9 Å². The number of rotatable bonds is 12. The Hall–Kier alpha value is -2.75. The van der Waals surface area contributed by atoms with E-state index in [1.54, 1.807) is 12.5 Å². The summed E-state index contributed by atoms with van der Waals surface area (Å²) in [4.78, 5) is 36.4. The van der Waals surface area contributed by atoms with Crippen LogP contribution in [-0.4, -0.2) is 50.7 Å². The highest BCUT2D eigenvalue weighted by Crippen LogP contribution is 2.16. The van der Waals surface area contributed by atoms with E-state index in [0.29, 0.717) is 30.6 Å². The fraction of sp³-hybridized carbons (Fsp3) is 0.650. The number of hydrogen-bond donors (Lipinski definition) is 2. The molecule has 0 amide bonds. The zero-order valence-electron chi connectivity index (χ0n) is 17.9. The molecular formula is C20H32N6O4. The van der Waals surface area contributed by atoms with Crippen LogP contribution in [0.25, 0.3) is 11.2 Å². The molecule has 10 heteroatoms. The first-order valence-electron chi connectivity index (χ1n) is 10.4. The molecule has 10 nitrogen and oxygen atoms in total. The summed E-state index contributed by atoms with van der Waals surface area (Å²) in [5, 5.41) is 0. The van der Waals surface area contributed by atoms with Crippen molar-refractivity contribution in [1.82, 2.24) is 19.5 Å². The molecule has 30 heavy (non-hydrogen) atoms. The van der Waals surface area contributed by atoms with E-state index in [4.69, 9.17) is 20.9 Å². The summed E-state index contributed by atoms with van der Waals surface area (Å²) in [6, 6.07) is -0.645. The lowest BCUT2D eigenvalue weighted by Gasteiger charge is -2.20. The van der Waals surface area contributed by atoms with E-state index in [-0.39, 0.29) is 37.0 Å². The van der Waals surface area contributed by atoms with Crippen molar-refractivity contribution in [2.45, 2.75) is 59.0 Å². The predicted octanol–water partition coefficient (Wildman–Crippen LogP) is 1.67. The van der Waals surface area contributed by atoms with Gasteiger partial charge in [0.25, 0.3) is 0 Å². The van der Waals surface area contributed by atoms with Gasteiger partial charge in [-0.25, -0.2) is 9.97 Å². The SMILES string of the molecule is CCCC(=O)OC[C@H](CCOC(=O)[C@@H](N)C(C)CC)Cn1cnc2cnc(N)nc21. The Labute approximate surface area is 176 Å². The fourth-order valence-electron chi connectivity index (χ4n) is 2.90. The molecule has 166 valence electrons. The van der Waals surface area contributed by atoms with Gasteiger partial charge in [-0.1, -0.05) is 27.2 Å². The number of carbonyl (C=O) groups excluding carboxylic acids is 2. The van der Waals surface area contributed by atoms with Crippen LogP contribution >= 0.6 is 0 Å². The summed E-state index contributed by atoms with van der Waals surface area (Å²) in [5.41, 5.74) is 12.8. The van der Waals surface area contributed by atoms with Gasteiger partial charge < -0.3 is 25.5 Å². The van der Waals surface area contributed by atoms with E-state index in [0.717, 1.165) is 12.8 Å². The lowest BCUT2D eigenvalue weighted by molar-refractivity contribution is -0.149. The van der Waals surface area contributed by atoms with Crippen molar-refractivity contribution >= 4 is 29.1 Å². The minimum atomic E-state index is -0.645. The Kier molecular flexibility index (Phi) is 8.97. The molecule has 2 aromatic heterocycles. The van der Waals surface area contributed by atoms with Gasteiger partial charge in [0.05, 0.1) is 25.7 Å². The molecule has 3 atom stereocenters. The second-order valence-electron chi connectivity index (χ2n) is 7.50. The maximum absolute atomic E-state index is 12.1. The number of hydrogen-bond acceptors (Lipinski definition) is 9. The zero-order chi connectivity index (χ0) is 22.1. The lowest BCUT2D eigenvalue weighted by Crippen LogP contribution is -2.38. The van der Waals surface area contributed by atoms with Gasteiger partial charge in [-0.05, 0) is 18.8 Å². The second-order valence-corrected chi connectivity index (χ2v) is 7.50. The first-order chi connectivity index (χ1) is 14.3. The lowest BCUT2D eigenvalue weighted by atomic mass is 10.0. The number of ether oxygens (including phenoxy) is 2. The van der Waals surface area contributed by atoms with Crippen LogP contribution in [0.15, 0.2) is 12.5 Å². The third kappa shape index (κ3) is 6.65. The van der Waals surface area contributed by atoms with E-state index in [1.165, 1.54) is 0 Å². The maximum atomic E-state index is 12.1. The molecule has 4 N–H and O–H groups in total. The van der Waals surface area contributed by atoms with Gasteiger partial charge in [0.15, 0.2) is 5.65 Å². The summed E-state index contributed by atoms with van der Waals surface area (Å²) >= 11 is 0. The van der Waals surface area contributed by atoms with Crippen LogP contribution in [0.5, 0.6) is 0 Å². The molecule has 0 radical (unpaired) electrons. The Balaban J connectivity index is 2.01. The maximum Gasteiger partial charge on any atom is 0.323 e. The number of anilines is 1. The standard InChI is InChI=1S/C20H32N6O4/c1-4-6-16(27)30-11-14(7-8-29-19(28)17(21)13(3)5-2)10-26-12-24-15-9-23-20(22)25-18(15)26/h9,12-14,17H,4-8,10-11,21H2,1-3H3,(H2,22,23,25)/t13?,14-,17+/m1/s1. The Morgan fingerprint density at radius 1 is 1.23 bits per heavy atom. The van der Waals surface area contributed by atoms with Crippen molar-refractivity contribution in [2.24, 2.45) is 17.6 Å². The average Bonchev–Trinajstić information content (AvgIpc) is 3.12. The molecule has 2 aromatic rings. The number of imidazole rings is 1. The third-order valence-corrected chi connectivity index (χ3v) is 5.07. The molecule has 0 fully saturated rings. The van der Waals surface area contributed by atoms with Gasteiger partial charge in [0.2, 0.25) is 5.95 Å². The molecular weight excluding hydrogens is 388 g/mol. The van der Waals surface area contributed by atoms with Crippen LogP contribution in [0, 0.1) is 11.8 Å². The Bertz CT molecular complexity index is 840. The van der Waals surface area contributed by atoms with Crippen LogP contribution in [-0.2, 0) is 25.6 Å². The average molecular weight is 421 g/mol. The molecule has 0 spiro atoms. The highest BCUT2D eigenvalue weighted by Gasteiger charge is 2.22. The van der Waals surface area contributed by atoms with Crippen LogP contribution in [0.2, 0.25) is 0 Å². The van der Waals surface area contributed by atoms with Crippen molar-refractivity contribution < 1.29 is 19.1 Å². The summed E-state index contributed by atoms with van der Waals surface area (Å²) in [6.07, 6.45) is 5.58. The number of esters is 2. The van der Waals surface area contributed by atoms with Crippen LogP contribution in [0.3, 0.4) is 0 Å². The number of carbonyl (C=O) groups is 2. The van der Waals surface area contributed by atoms with E-state index >= 15 is 0 Å². The predicted molar refractivity (Wildman–Crippen MR) is 112 cm³/mol. The number of nitrogens with two attached hydrogens (primary N) is 2. The van der Waals surface area contributed by atoms with E-state index in [9.17, 15) is 9.59 Å². The first-order valence-corrected chi connectivity index (χ1v) is 10.4. The molecule has 2 rings (SSSR count). The summed E-state index contributed by atoms with van der Waals surface area (Å²) in [6.45, 7) is 6.67. The van der Waals surface area contributed by atoms with Crippen molar-refractivity contribution in [1.29, 1.82) is 0 Å². The highest BCUT2D eigenvalue weighted by atomic mass is 16.5. The number of fused-ring (bicyclic) bond motifs is 1. The van der Waals surface area contributed by atoms with Crippen LogP contribution in [0.4, 0.5) is 5.95 Å². The molecule has 0 aliphatic rings. The Morgan fingerprint density at radius 2 is 2.00 bits per heavy atom. The largest absolute Gasteiger partial charge is 0.465 e. The van der Waals surface area contributed by atoms with E-state index < -0.39 is 12.0 Å². The number of nitrogens with zero attached hydrogens (tertiary/aromatic N) is 4. The molecule has 0 saturated carbocycles. The topological polar surface area (TPSA) is 148 Å². The normalized spacial score (nSPS) is 14.3. The minimum absolute atomic E-state index is 0.0470. The summed E-state index contributed by atoms with van der Waals surface area (Å²) in [5.74, 6) is -0.569. The molecule has 2 heterocycles. The number of aromatic nitrogens is 4. The Morgan fingerprint density at radius 3 is 2.70 bits per heavy atom. The first kappa shape index (κ1) is 23.5. The van der Waals surface area contributed by atoms with Gasteiger partial charge in [0.1, 0.15) is 11.6 Å². The summed E-state index contributed by atoms with van der Waals surface area (Å²) < 4.78 is 12.6. The number of nitrogen functional groups attached to an aromatic ring is 1.